The maximum atomic E-state index is 12.5. The molecular weight excluding hydrogens is 322 g/mol. The lowest BCUT2D eigenvalue weighted by atomic mass is 10.1. The van der Waals surface area contributed by atoms with E-state index in [1.165, 1.54) is 4.52 Å². The second kappa shape index (κ2) is 6.76. The largest absolute Gasteiger partial charge is 0.497 e. The van der Waals surface area contributed by atoms with Gasteiger partial charge in [0.1, 0.15) is 11.5 Å². The minimum absolute atomic E-state index is 0.0653. The summed E-state index contributed by atoms with van der Waals surface area (Å²) in [4.78, 5) is 20.8. The number of fused-ring (bicyclic) bond motifs is 1. The smallest absolute Gasteiger partial charge is 0.291 e. The lowest BCUT2D eigenvalue weighted by Gasteiger charge is -2.17. The minimum Gasteiger partial charge on any atom is -0.497 e. The van der Waals surface area contributed by atoms with Crippen LogP contribution in [0.1, 0.15) is 34.8 Å². The summed E-state index contributed by atoms with van der Waals surface area (Å²) in [6, 6.07) is 6.90. The number of ether oxygens (including phenoxy) is 2. The van der Waals surface area contributed by atoms with Crippen molar-refractivity contribution in [2.24, 2.45) is 0 Å². The molecule has 0 aliphatic rings. The third-order valence-electron chi connectivity index (χ3n) is 3.88. The molecule has 3 rings (SSSR count). The topological polar surface area (TPSA) is 90.6 Å². The highest BCUT2D eigenvalue weighted by Gasteiger charge is 2.19. The molecule has 0 fully saturated rings. The summed E-state index contributed by atoms with van der Waals surface area (Å²) in [5.74, 6) is 1.41. The molecule has 1 amide bonds. The fourth-order valence-electron chi connectivity index (χ4n) is 2.52. The number of carbonyl (C=O) groups is 1. The number of aryl methyl sites for hydroxylation is 1. The van der Waals surface area contributed by atoms with Crippen LogP contribution in [-0.2, 0) is 0 Å². The number of nitrogens with one attached hydrogen (secondary N) is 1. The molecule has 0 bridgehead atoms. The maximum absolute atomic E-state index is 12.5. The van der Waals surface area contributed by atoms with Gasteiger partial charge >= 0.3 is 0 Å². The first-order valence-corrected chi connectivity index (χ1v) is 7.74. The summed E-state index contributed by atoms with van der Waals surface area (Å²) in [5, 5.41) is 7.09. The zero-order chi connectivity index (χ0) is 18.0. The van der Waals surface area contributed by atoms with Crippen LogP contribution < -0.4 is 14.8 Å². The van der Waals surface area contributed by atoms with Crippen LogP contribution in [0, 0.1) is 6.92 Å². The summed E-state index contributed by atoms with van der Waals surface area (Å²) in [6.07, 6.45) is 1.63. The first-order valence-electron chi connectivity index (χ1n) is 7.74. The van der Waals surface area contributed by atoms with Gasteiger partial charge in [0.2, 0.25) is 5.82 Å². The van der Waals surface area contributed by atoms with Crippen molar-refractivity contribution in [3.63, 3.8) is 0 Å². The highest BCUT2D eigenvalue weighted by molar-refractivity contribution is 5.91. The summed E-state index contributed by atoms with van der Waals surface area (Å²) in [7, 11) is 3.17. The Balaban J connectivity index is 1.85. The Morgan fingerprint density at radius 3 is 2.72 bits per heavy atom. The molecule has 8 heteroatoms. The molecule has 0 radical (unpaired) electrons. The second-order valence-electron chi connectivity index (χ2n) is 5.54. The molecule has 2 heterocycles. The third kappa shape index (κ3) is 3.23. The zero-order valence-electron chi connectivity index (χ0n) is 14.5. The Morgan fingerprint density at radius 2 is 2.04 bits per heavy atom. The van der Waals surface area contributed by atoms with Gasteiger partial charge in [-0.25, -0.2) is 9.50 Å². The molecular formula is C17H19N5O3. The van der Waals surface area contributed by atoms with Gasteiger partial charge in [-0.3, -0.25) is 4.79 Å². The van der Waals surface area contributed by atoms with Crippen LogP contribution in [-0.4, -0.2) is 39.7 Å². The van der Waals surface area contributed by atoms with Gasteiger partial charge in [-0.05, 0) is 38.1 Å². The van der Waals surface area contributed by atoms with Gasteiger partial charge in [-0.2, -0.15) is 4.98 Å². The molecule has 1 aromatic carbocycles. The number of methoxy groups -OCH3 is 2. The molecule has 2 aromatic heterocycles. The van der Waals surface area contributed by atoms with E-state index < -0.39 is 0 Å². The van der Waals surface area contributed by atoms with Crippen LogP contribution in [0.4, 0.5) is 0 Å². The Morgan fingerprint density at radius 1 is 1.24 bits per heavy atom. The standard InChI is InChI=1S/C17H19N5O3/c1-10-7-8-18-17-20-15(21-22(10)17)16(23)19-11(2)13-9-12(24-3)5-6-14(13)25-4/h5-9,11H,1-4H3,(H,19,23)/t11-/m0/s1. The molecule has 0 saturated carbocycles. The molecule has 8 nitrogen and oxygen atoms in total. The Labute approximate surface area is 144 Å². The summed E-state index contributed by atoms with van der Waals surface area (Å²) in [6.45, 7) is 3.73. The van der Waals surface area contributed by atoms with Gasteiger partial charge in [0.05, 0.1) is 20.3 Å². The lowest BCUT2D eigenvalue weighted by Crippen LogP contribution is -2.28. The van der Waals surface area contributed by atoms with Crippen molar-refractivity contribution in [1.29, 1.82) is 0 Å². The van der Waals surface area contributed by atoms with Gasteiger partial charge in [0.25, 0.3) is 11.7 Å². The zero-order valence-corrected chi connectivity index (χ0v) is 14.5. The third-order valence-corrected chi connectivity index (χ3v) is 3.88. The number of hydrogen-bond donors (Lipinski definition) is 1. The fourth-order valence-corrected chi connectivity index (χ4v) is 2.52. The van der Waals surface area contributed by atoms with Gasteiger partial charge in [-0.15, -0.1) is 5.10 Å². The number of hydrogen-bond acceptors (Lipinski definition) is 6. The molecule has 0 unspecified atom stereocenters. The van der Waals surface area contributed by atoms with Crippen LogP contribution in [0.15, 0.2) is 30.5 Å². The van der Waals surface area contributed by atoms with Crippen LogP contribution in [0.5, 0.6) is 11.5 Å². The predicted octanol–water partition coefficient (Wildman–Crippen LogP) is 1.94. The first-order chi connectivity index (χ1) is 12.0. The average Bonchev–Trinajstić information content (AvgIpc) is 3.07. The van der Waals surface area contributed by atoms with E-state index in [9.17, 15) is 4.79 Å². The van der Waals surface area contributed by atoms with Gasteiger partial charge < -0.3 is 14.8 Å². The monoisotopic (exact) mass is 341 g/mol. The number of benzene rings is 1. The maximum Gasteiger partial charge on any atom is 0.291 e. The Hall–Kier alpha value is -3.16. The summed E-state index contributed by atoms with van der Waals surface area (Å²) in [5.41, 5.74) is 1.65. The molecule has 1 N–H and O–H groups in total. The van der Waals surface area contributed by atoms with Crippen LogP contribution in [0.2, 0.25) is 0 Å². The molecule has 0 aliphatic carbocycles. The van der Waals surface area contributed by atoms with Crippen LogP contribution in [0.25, 0.3) is 5.78 Å². The van der Waals surface area contributed by atoms with Gasteiger partial charge in [0.15, 0.2) is 0 Å². The van der Waals surface area contributed by atoms with Crippen LogP contribution >= 0.6 is 0 Å². The number of nitrogens with zero attached hydrogens (tertiary/aromatic N) is 4. The van der Waals surface area contributed by atoms with E-state index in [4.69, 9.17) is 9.47 Å². The molecule has 3 aromatic rings. The van der Waals surface area contributed by atoms with Gasteiger partial charge in [-0.1, -0.05) is 0 Å². The highest BCUT2D eigenvalue weighted by atomic mass is 16.5. The van der Waals surface area contributed by atoms with Crippen molar-refractivity contribution < 1.29 is 14.3 Å². The number of carbonyl (C=O) groups excluding carboxylic acids is 1. The molecule has 0 aliphatic heterocycles. The van der Waals surface area contributed by atoms with E-state index in [1.54, 1.807) is 38.6 Å². The van der Waals surface area contributed by atoms with Crippen molar-refractivity contribution in [1.82, 2.24) is 24.9 Å². The molecule has 0 spiro atoms. The number of rotatable bonds is 5. The molecule has 130 valence electrons. The van der Waals surface area contributed by atoms with E-state index in [-0.39, 0.29) is 17.8 Å². The molecule has 1 atom stereocenters. The van der Waals surface area contributed by atoms with Crippen molar-refractivity contribution in [2.75, 3.05) is 14.2 Å². The summed E-state index contributed by atoms with van der Waals surface area (Å²) >= 11 is 0. The van der Waals surface area contributed by atoms with Crippen molar-refractivity contribution in [3.8, 4) is 11.5 Å². The van der Waals surface area contributed by atoms with Gasteiger partial charge in [0, 0.05) is 17.5 Å². The Kier molecular flexibility index (Phi) is 4.51. The molecule has 25 heavy (non-hydrogen) atoms. The SMILES string of the molecule is COc1ccc(OC)c([C@H](C)NC(=O)c2nc3nccc(C)n3n2)c1. The van der Waals surface area contributed by atoms with E-state index in [0.717, 1.165) is 11.3 Å². The lowest BCUT2D eigenvalue weighted by molar-refractivity contribution is 0.0929. The number of aromatic nitrogens is 4. The summed E-state index contributed by atoms with van der Waals surface area (Å²) < 4.78 is 12.1. The number of amides is 1. The first kappa shape index (κ1) is 16.7. The predicted molar refractivity (Wildman–Crippen MR) is 90.9 cm³/mol. The minimum atomic E-state index is -0.387. The van der Waals surface area contributed by atoms with E-state index >= 15 is 0 Å². The quantitative estimate of drug-likeness (QED) is 0.763. The normalized spacial score (nSPS) is 12.0. The molecule has 0 saturated heterocycles. The highest BCUT2D eigenvalue weighted by Crippen LogP contribution is 2.29. The van der Waals surface area contributed by atoms with Crippen LogP contribution in [0.3, 0.4) is 0 Å². The van der Waals surface area contributed by atoms with Crippen molar-refractivity contribution in [2.45, 2.75) is 19.9 Å². The Bertz CT molecular complexity index is 922. The van der Waals surface area contributed by atoms with E-state index in [1.807, 2.05) is 19.9 Å². The second-order valence-corrected chi connectivity index (χ2v) is 5.54. The van der Waals surface area contributed by atoms with Crippen molar-refractivity contribution in [3.05, 3.63) is 47.5 Å². The van der Waals surface area contributed by atoms with Crippen molar-refractivity contribution >= 4 is 11.7 Å². The van der Waals surface area contributed by atoms with E-state index in [0.29, 0.717) is 17.3 Å². The average molecular weight is 341 g/mol. The fraction of sp³-hybridized carbons (Fsp3) is 0.294. The van der Waals surface area contributed by atoms with E-state index in [2.05, 4.69) is 20.4 Å².